The second-order valence-corrected chi connectivity index (χ2v) is 7.63. The average molecular weight is 551 g/mol. The number of para-hydroxylation sites is 2. The van der Waals surface area contributed by atoms with Gasteiger partial charge in [0.15, 0.2) is 5.96 Å². The van der Waals surface area contributed by atoms with Gasteiger partial charge in [-0.05, 0) is 42.7 Å². The summed E-state index contributed by atoms with van der Waals surface area (Å²) in [4.78, 5) is 18.9. The van der Waals surface area contributed by atoms with Crippen molar-refractivity contribution in [2.45, 2.75) is 32.4 Å². The Bertz CT molecular complexity index is 905. The number of guanidine groups is 1. The molecular weight excluding hydrogens is 517 g/mol. The Hall–Kier alpha value is -2.49. The molecule has 7 nitrogen and oxygen atoms in total. The molecular formula is C24H34IN5O2. The van der Waals surface area contributed by atoms with Crippen molar-refractivity contribution in [1.82, 2.24) is 16.0 Å². The molecule has 1 unspecified atom stereocenters. The first kappa shape index (κ1) is 25.8. The Morgan fingerprint density at radius 1 is 1.19 bits per heavy atom. The Morgan fingerprint density at radius 2 is 2.00 bits per heavy atom. The van der Waals surface area contributed by atoms with Crippen LogP contribution in [0.4, 0.5) is 5.69 Å². The zero-order valence-electron chi connectivity index (χ0n) is 19.1. The summed E-state index contributed by atoms with van der Waals surface area (Å²) in [6.45, 7) is 5.17. The van der Waals surface area contributed by atoms with Crippen molar-refractivity contribution in [1.29, 1.82) is 0 Å². The van der Waals surface area contributed by atoms with E-state index >= 15 is 0 Å². The maximum absolute atomic E-state index is 12.2. The minimum Gasteiger partial charge on any atom is -0.495 e. The minimum atomic E-state index is -0.0337. The van der Waals surface area contributed by atoms with E-state index in [0.29, 0.717) is 24.7 Å². The van der Waals surface area contributed by atoms with Crippen LogP contribution in [-0.4, -0.2) is 51.7 Å². The van der Waals surface area contributed by atoms with Crippen molar-refractivity contribution in [3.05, 3.63) is 59.7 Å². The number of halogens is 1. The molecule has 3 N–H and O–H groups in total. The van der Waals surface area contributed by atoms with Gasteiger partial charge in [0.25, 0.3) is 5.91 Å². The zero-order valence-corrected chi connectivity index (χ0v) is 21.4. The number of ether oxygens (including phenoxy) is 1. The van der Waals surface area contributed by atoms with Gasteiger partial charge in [0.2, 0.25) is 0 Å². The summed E-state index contributed by atoms with van der Waals surface area (Å²) >= 11 is 0. The highest BCUT2D eigenvalue weighted by Crippen LogP contribution is 2.30. The fraction of sp³-hybridized carbons (Fsp3) is 0.417. The largest absolute Gasteiger partial charge is 0.495 e. The number of anilines is 1. The average Bonchev–Trinajstić information content (AvgIpc) is 3.28. The quantitative estimate of drug-likeness (QED) is 0.267. The van der Waals surface area contributed by atoms with Crippen molar-refractivity contribution in [2.75, 3.05) is 38.7 Å². The molecule has 1 aliphatic heterocycles. The van der Waals surface area contributed by atoms with E-state index in [1.807, 2.05) is 49.4 Å². The minimum absolute atomic E-state index is 0. The van der Waals surface area contributed by atoms with Crippen molar-refractivity contribution in [3.8, 4) is 5.75 Å². The maximum atomic E-state index is 12.2. The number of carbonyl (C=O) groups is 1. The summed E-state index contributed by atoms with van der Waals surface area (Å²) < 4.78 is 5.50. The molecule has 1 aliphatic rings. The molecule has 32 heavy (non-hydrogen) atoms. The zero-order chi connectivity index (χ0) is 22.1. The maximum Gasteiger partial charge on any atom is 0.251 e. The van der Waals surface area contributed by atoms with Gasteiger partial charge in [0.1, 0.15) is 5.75 Å². The molecule has 2 aromatic carbocycles. The predicted molar refractivity (Wildman–Crippen MR) is 141 cm³/mol. The summed E-state index contributed by atoms with van der Waals surface area (Å²) in [6, 6.07) is 16.1. The van der Waals surface area contributed by atoms with Gasteiger partial charge in [-0.1, -0.05) is 31.2 Å². The molecule has 0 spiro atoms. The molecule has 174 valence electrons. The Balaban J connectivity index is 0.00000363. The Labute approximate surface area is 208 Å². The highest BCUT2D eigenvalue weighted by Gasteiger charge is 2.25. The molecule has 2 aromatic rings. The van der Waals surface area contributed by atoms with E-state index in [2.05, 4.69) is 31.9 Å². The monoisotopic (exact) mass is 551 g/mol. The van der Waals surface area contributed by atoms with Crippen LogP contribution < -0.4 is 25.6 Å². The summed E-state index contributed by atoms with van der Waals surface area (Å²) in [5, 5.41) is 9.80. The fourth-order valence-electron chi connectivity index (χ4n) is 3.72. The molecule has 0 aromatic heterocycles. The highest BCUT2D eigenvalue weighted by molar-refractivity contribution is 14.0. The van der Waals surface area contributed by atoms with Crippen molar-refractivity contribution in [2.24, 2.45) is 4.99 Å². The van der Waals surface area contributed by atoms with Gasteiger partial charge in [-0.2, -0.15) is 0 Å². The molecule has 3 rings (SSSR count). The summed E-state index contributed by atoms with van der Waals surface area (Å²) in [5.74, 6) is 1.62. The summed E-state index contributed by atoms with van der Waals surface area (Å²) in [7, 11) is 3.48. The van der Waals surface area contributed by atoms with Gasteiger partial charge < -0.3 is 25.6 Å². The lowest BCUT2D eigenvalue weighted by Gasteiger charge is -2.22. The van der Waals surface area contributed by atoms with Gasteiger partial charge >= 0.3 is 0 Å². The van der Waals surface area contributed by atoms with Gasteiger partial charge in [0, 0.05) is 44.8 Å². The van der Waals surface area contributed by atoms with Gasteiger partial charge in [-0.3, -0.25) is 9.79 Å². The van der Waals surface area contributed by atoms with E-state index < -0.39 is 0 Å². The lowest BCUT2D eigenvalue weighted by molar-refractivity contribution is 0.0953. The van der Waals surface area contributed by atoms with Crippen LogP contribution in [0.1, 0.15) is 35.7 Å². The van der Waals surface area contributed by atoms with E-state index in [9.17, 15) is 4.79 Å². The van der Waals surface area contributed by atoms with Gasteiger partial charge in [-0.25, -0.2) is 0 Å². The molecule has 0 radical (unpaired) electrons. The third kappa shape index (κ3) is 7.01. The number of methoxy groups -OCH3 is 1. The SMILES string of the molecule is CCCNC(=O)c1cccc(CNC(=NC)NC2CCN(c3ccccc3OC)C2)c1.I. The molecule has 1 atom stereocenters. The lowest BCUT2D eigenvalue weighted by Crippen LogP contribution is -2.44. The van der Waals surface area contributed by atoms with Crippen LogP contribution in [0.3, 0.4) is 0 Å². The normalized spacial score (nSPS) is 15.7. The smallest absolute Gasteiger partial charge is 0.251 e. The number of hydrogen-bond donors (Lipinski definition) is 3. The molecule has 0 bridgehead atoms. The number of carbonyl (C=O) groups excluding carboxylic acids is 1. The number of aliphatic imine (C=N–C) groups is 1. The molecule has 0 saturated carbocycles. The second kappa shape index (κ2) is 13.1. The van der Waals surface area contributed by atoms with E-state index in [4.69, 9.17) is 4.74 Å². The van der Waals surface area contributed by atoms with Gasteiger partial charge in [0.05, 0.1) is 12.8 Å². The summed E-state index contributed by atoms with van der Waals surface area (Å²) in [6.07, 6.45) is 1.94. The van der Waals surface area contributed by atoms with Crippen LogP contribution >= 0.6 is 24.0 Å². The topological polar surface area (TPSA) is 78.0 Å². The van der Waals surface area contributed by atoms with Crippen LogP contribution in [0.15, 0.2) is 53.5 Å². The van der Waals surface area contributed by atoms with Crippen molar-refractivity contribution in [3.63, 3.8) is 0 Å². The Kier molecular flexibility index (Phi) is 10.6. The van der Waals surface area contributed by atoms with E-state index in [-0.39, 0.29) is 29.9 Å². The molecule has 1 amide bonds. The number of nitrogens with one attached hydrogen (secondary N) is 3. The van der Waals surface area contributed by atoms with Crippen LogP contribution in [-0.2, 0) is 6.54 Å². The lowest BCUT2D eigenvalue weighted by atomic mass is 10.1. The standard InChI is InChI=1S/C24H33N5O2.HI/c1-4-13-26-23(30)19-9-7-8-18(15-19)16-27-24(25-2)28-20-12-14-29(17-20)21-10-5-6-11-22(21)31-3;/h5-11,15,20H,4,12-14,16-17H2,1-3H3,(H,26,30)(H2,25,27,28);1H. The van der Waals surface area contributed by atoms with Crippen LogP contribution in [0.2, 0.25) is 0 Å². The third-order valence-corrected chi connectivity index (χ3v) is 5.36. The van der Waals surface area contributed by atoms with Gasteiger partial charge in [-0.15, -0.1) is 24.0 Å². The number of benzene rings is 2. The van der Waals surface area contributed by atoms with Crippen molar-refractivity contribution < 1.29 is 9.53 Å². The van der Waals surface area contributed by atoms with E-state index in [1.54, 1.807) is 14.2 Å². The van der Waals surface area contributed by atoms with Crippen LogP contribution in [0, 0.1) is 0 Å². The molecule has 1 saturated heterocycles. The van der Waals surface area contributed by atoms with Crippen LogP contribution in [0.25, 0.3) is 0 Å². The number of nitrogens with zero attached hydrogens (tertiary/aromatic N) is 2. The first-order valence-electron chi connectivity index (χ1n) is 10.9. The Morgan fingerprint density at radius 3 is 2.75 bits per heavy atom. The van der Waals surface area contributed by atoms with E-state index in [1.165, 1.54) is 0 Å². The first-order chi connectivity index (χ1) is 15.1. The number of rotatable bonds is 8. The van der Waals surface area contributed by atoms with Crippen LogP contribution in [0.5, 0.6) is 5.75 Å². The number of amides is 1. The predicted octanol–water partition coefficient (Wildman–Crippen LogP) is 3.40. The molecule has 0 aliphatic carbocycles. The fourth-order valence-corrected chi connectivity index (χ4v) is 3.72. The molecule has 1 fully saturated rings. The third-order valence-electron chi connectivity index (χ3n) is 5.36. The summed E-state index contributed by atoms with van der Waals surface area (Å²) in [5.41, 5.74) is 2.84. The highest BCUT2D eigenvalue weighted by atomic mass is 127. The number of hydrogen-bond acceptors (Lipinski definition) is 4. The second-order valence-electron chi connectivity index (χ2n) is 7.63. The van der Waals surface area contributed by atoms with Crippen molar-refractivity contribution >= 4 is 41.5 Å². The first-order valence-corrected chi connectivity index (χ1v) is 10.9. The molecule has 8 heteroatoms. The van der Waals surface area contributed by atoms with E-state index in [0.717, 1.165) is 48.9 Å². The molecule has 1 heterocycles.